The zero-order valence-corrected chi connectivity index (χ0v) is 21.0. The zero-order valence-electron chi connectivity index (χ0n) is 19.5. The van der Waals surface area contributed by atoms with Crippen molar-refractivity contribution < 1.29 is 9.59 Å². The van der Waals surface area contributed by atoms with Gasteiger partial charge in [-0.25, -0.2) is 0 Å². The van der Waals surface area contributed by atoms with Crippen LogP contribution in [0.5, 0.6) is 0 Å². The van der Waals surface area contributed by atoms with Gasteiger partial charge in [0.1, 0.15) is 6.04 Å². The van der Waals surface area contributed by atoms with E-state index in [0.29, 0.717) is 40.9 Å². The number of carbonyl (C=O) groups is 2. The molecule has 0 fully saturated rings. The van der Waals surface area contributed by atoms with Gasteiger partial charge in [0.15, 0.2) is 0 Å². The number of amides is 2. The molecule has 1 N–H and O–H groups in total. The molecule has 0 aliphatic rings. The Morgan fingerprint density at radius 2 is 1.62 bits per heavy atom. The van der Waals surface area contributed by atoms with E-state index in [4.69, 9.17) is 23.2 Å². The van der Waals surface area contributed by atoms with E-state index in [1.165, 1.54) is 5.56 Å². The molecule has 174 valence electrons. The van der Waals surface area contributed by atoms with E-state index in [0.717, 1.165) is 18.4 Å². The zero-order chi connectivity index (χ0) is 23.7. The predicted octanol–water partition coefficient (Wildman–Crippen LogP) is 6.38. The molecule has 0 aromatic heterocycles. The molecule has 0 spiro atoms. The Balaban J connectivity index is 2.16. The Labute approximate surface area is 202 Å². The van der Waals surface area contributed by atoms with Crippen LogP contribution in [-0.4, -0.2) is 29.3 Å². The van der Waals surface area contributed by atoms with E-state index in [1.54, 1.807) is 30.0 Å². The smallest absolute Gasteiger partial charge is 0.242 e. The van der Waals surface area contributed by atoms with Gasteiger partial charge >= 0.3 is 0 Å². The quantitative estimate of drug-likeness (QED) is 0.382. The van der Waals surface area contributed by atoms with E-state index in [1.807, 2.05) is 0 Å². The van der Waals surface area contributed by atoms with Crippen molar-refractivity contribution in [2.45, 2.75) is 71.9 Å². The average molecular weight is 477 g/mol. The number of nitrogens with zero attached hydrogens (tertiary/aromatic N) is 1. The molecule has 0 heterocycles. The van der Waals surface area contributed by atoms with Crippen LogP contribution in [-0.2, 0) is 22.6 Å². The van der Waals surface area contributed by atoms with Gasteiger partial charge in [0.25, 0.3) is 0 Å². The summed E-state index contributed by atoms with van der Waals surface area (Å²) in [6.07, 6.45) is 2.79. The highest BCUT2D eigenvalue weighted by Crippen LogP contribution is 2.27. The topological polar surface area (TPSA) is 49.4 Å². The molecule has 4 nitrogen and oxygen atoms in total. The second-order valence-corrected chi connectivity index (χ2v) is 9.25. The lowest BCUT2D eigenvalue weighted by Crippen LogP contribution is -2.48. The van der Waals surface area contributed by atoms with E-state index >= 15 is 0 Å². The molecular weight excluding hydrogens is 443 g/mol. The standard InChI is InChI=1S/C26H34Cl2N2O2/c1-5-6-16-29-26(32)19(4)30(17-22-23(27)8-7-9-24(22)28)25(31)15-12-20-10-13-21(14-11-20)18(2)3/h7-11,13-14,18-19H,5-6,12,15-17H2,1-4H3,(H,29,32)/t19-/m0/s1. The van der Waals surface area contributed by atoms with Crippen molar-refractivity contribution in [2.24, 2.45) is 0 Å². The number of benzene rings is 2. The van der Waals surface area contributed by atoms with Crippen LogP contribution < -0.4 is 5.32 Å². The van der Waals surface area contributed by atoms with Crippen molar-refractivity contribution >= 4 is 35.0 Å². The normalized spacial score (nSPS) is 12.0. The lowest BCUT2D eigenvalue weighted by Gasteiger charge is -2.29. The van der Waals surface area contributed by atoms with Crippen LogP contribution in [0.2, 0.25) is 10.0 Å². The van der Waals surface area contributed by atoms with Crippen LogP contribution in [0.15, 0.2) is 42.5 Å². The molecule has 0 aliphatic carbocycles. The lowest BCUT2D eigenvalue weighted by atomic mass is 10.00. The fraction of sp³-hybridized carbons (Fsp3) is 0.462. The molecular formula is C26H34Cl2N2O2. The maximum Gasteiger partial charge on any atom is 0.242 e. The molecule has 0 radical (unpaired) electrons. The number of carbonyl (C=O) groups excluding carboxylic acids is 2. The van der Waals surface area contributed by atoms with Crippen molar-refractivity contribution in [1.29, 1.82) is 0 Å². The first kappa shape index (κ1) is 26.2. The summed E-state index contributed by atoms with van der Waals surface area (Å²) in [6, 6.07) is 13.0. The van der Waals surface area contributed by atoms with Crippen LogP contribution in [0, 0.1) is 0 Å². The van der Waals surface area contributed by atoms with Crippen molar-refractivity contribution in [3.8, 4) is 0 Å². The highest BCUT2D eigenvalue weighted by atomic mass is 35.5. The molecule has 0 aliphatic heterocycles. The minimum atomic E-state index is -0.630. The van der Waals surface area contributed by atoms with Gasteiger partial charge < -0.3 is 10.2 Å². The number of hydrogen-bond acceptors (Lipinski definition) is 2. The predicted molar refractivity (Wildman–Crippen MR) is 133 cm³/mol. The maximum atomic E-state index is 13.3. The minimum absolute atomic E-state index is 0.105. The lowest BCUT2D eigenvalue weighted by molar-refractivity contribution is -0.140. The molecule has 0 saturated carbocycles. The monoisotopic (exact) mass is 476 g/mol. The molecule has 0 unspecified atom stereocenters. The van der Waals surface area contributed by atoms with Crippen LogP contribution >= 0.6 is 23.2 Å². The van der Waals surface area contributed by atoms with Gasteiger partial charge in [0.05, 0.1) is 0 Å². The third-order valence-corrected chi connectivity index (χ3v) is 6.37. The fourth-order valence-corrected chi connectivity index (χ4v) is 3.95. The Kier molecular flexibility index (Phi) is 10.5. The second kappa shape index (κ2) is 12.9. The second-order valence-electron chi connectivity index (χ2n) is 8.44. The number of nitrogens with one attached hydrogen (secondary N) is 1. The third-order valence-electron chi connectivity index (χ3n) is 5.66. The summed E-state index contributed by atoms with van der Waals surface area (Å²) in [6.45, 7) is 8.91. The highest BCUT2D eigenvalue weighted by Gasteiger charge is 2.27. The summed E-state index contributed by atoms with van der Waals surface area (Å²) < 4.78 is 0. The molecule has 2 aromatic rings. The summed E-state index contributed by atoms with van der Waals surface area (Å²) in [5.41, 5.74) is 3.02. The number of halogens is 2. The van der Waals surface area contributed by atoms with Gasteiger partial charge in [0.2, 0.25) is 11.8 Å². The van der Waals surface area contributed by atoms with Crippen LogP contribution in [0.1, 0.15) is 69.6 Å². The van der Waals surface area contributed by atoms with Crippen molar-refractivity contribution in [3.05, 3.63) is 69.2 Å². The molecule has 0 saturated heterocycles. The fourth-order valence-electron chi connectivity index (χ4n) is 3.44. The van der Waals surface area contributed by atoms with Crippen molar-refractivity contribution in [3.63, 3.8) is 0 Å². The first-order chi connectivity index (χ1) is 15.2. The largest absolute Gasteiger partial charge is 0.354 e. The molecule has 6 heteroatoms. The number of aryl methyl sites for hydroxylation is 1. The van der Waals surface area contributed by atoms with Gasteiger partial charge in [0, 0.05) is 35.1 Å². The Morgan fingerprint density at radius 3 is 2.19 bits per heavy atom. The third kappa shape index (κ3) is 7.53. The average Bonchev–Trinajstić information content (AvgIpc) is 2.77. The van der Waals surface area contributed by atoms with Crippen LogP contribution in [0.4, 0.5) is 0 Å². The minimum Gasteiger partial charge on any atom is -0.354 e. The molecule has 1 atom stereocenters. The molecule has 2 rings (SSSR count). The number of rotatable bonds is 11. The Bertz CT molecular complexity index is 877. The molecule has 0 bridgehead atoms. The molecule has 2 amide bonds. The van der Waals surface area contributed by atoms with Gasteiger partial charge in [-0.05, 0) is 48.9 Å². The molecule has 32 heavy (non-hydrogen) atoms. The van der Waals surface area contributed by atoms with Gasteiger partial charge in [-0.15, -0.1) is 0 Å². The summed E-state index contributed by atoms with van der Waals surface area (Å²) in [5, 5.41) is 3.89. The van der Waals surface area contributed by atoms with E-state index < -0.39 is 6.04 Å². The van der Waals surface area contributed by atoms with E-state index in [9.17, 15) is 9.59 Å². The first-order valence-electron chi connectivity index (χ1n) is 11.3. The summed E-state index contributed by atoms with van der Waals surface area (Å²) in [7, 11) is 0. The van der Waals surface area contributed by atoms with Crippen molar-refractivity contribution in [1.82, 2.24) is 10.2 Å². The Morgan fingerprint density at radius 1 is 1.00 bits per heavy atom. The Hall–Kier alpha value is -2.04. The SMILES string of the molecule is CCCCNC(=O)[C@H](C)N(Cc1c(Cl)cccc1Cl)C(=O)CCc1ccc(C(C)C)cc1. The van der Waals surface area contributed by atoms with Crippen molar-refractivity contribution in [2.75, 3.05) is 6.54 Å². The highest BCUT2D eigenvalue weighted by molar-refractivity contribution is 6.36. The summed E-state index contributed by atoms with van der Waals surface area (Å²) >= 11 is 12.7. The van der Waals surface area contributed by atoms with Gasteiger partial charge in [-0.1, -0.05) is 80.7 Å². The number of hydrogen-bond donors (Lipinski definition) is 1. The molecule has 2 aromatic carbocycles. The van der Waals surface area contributed by atoms with Gasteiger partial charge in [-0.3, -0.25) is 9.59 Å². The van der Waals surface area contributed by atoms with E-state index in [2.05, 4.69) is 50.4 Å². The summed E-state index contributed by atoms with van der Waals surface area (Å²) in [4.78, 5) is 27.6. The maximum absolute atomic E-state index is 13.3. The number of unbranched alkanes of at least 4 members (excludes halogenated alkanes) is 1. The van der Waals surface area contributed by atoms with Gasteiger partial charge in [-0.2, -0.15) is 0 Å². The summed E-state index contributed by atoms with van der Waals surface area (Å²) in [5.74, 6) is 0.192. The van der Waals surface area contributed by atoms with Crippen LogP contribution in [0.25, 0.3) is 0 Å². The first-order valence-corrected chi connectivity index (χ1v) is 12.1. The van der Waals surface area contributed by atoms with Crippen LogP contribution in [0.3, 0.4) is 0 Å². The van der Waals surface area contributed by atoms with E-state index in [-0.39, 0.29) is 18.4 Å².